The second-order valence-corrected chi connectivity index (χ2v) is 8.17. The molecule has 24 heavy (non-hydrogen) atoms. The molecule has 1 aromatic carbocycles. The summed E-state index contributed by atoms with van der Waals surface area (Å²) in [6.45, 7) is 3.64. The van der Waals surface area contributed by atoms with Crippen molar-refractivity contribution >= 4 is 5.97 Å². The lowest BCUT2D eigenvalue weighted by molar-refractivity contribution is -0.159. The molecular formula is C20H26O4. The highest BCUT2D eigenvalue weighted by molar-refractivity contribution is 5.66. The summed E-state index contributed by atoms with van der Waals surface area (Å²) in [6.07, 6.45) is 4.11. The summed E-state index contributed by atoms with van der Waals surface area (Å²) < 4.78 is 5.76. The number of fused-ring (bicyclic) bond motifs is 5. The number of esters is 1. The van der Waals surface area contributed by atoms with E-state index in [9.17, 15) is 15.0 Å². The molecule has 130 valence electrons. The Morgan fingerprint density at radius 2 is 2.08 bits per heavy atom. The summed E-state index contributed by atoms with van der Waals surface area (Å²) in [7, 11) is 0. The summed E-state index contributed by atoms with van der Waals surface area (Å²) in [5, 5.41) is 20.4. The molecule has 6 atom stereocenters. The van der Waals surface area contributed by atoms with Gasteiger partial charge in [0.15, 0.2) is 0 Å². The van der Waals surface area contributed by atoms with Crippen LogP contribution in [0.25, 0.3) is 0 Å². The molecule has 0 spiro atoms. The first-order valence-corrected chi connectivity index (χ1v) is 9.07. The molecule has 0 amide bonds. The van der Waals surface area contributed by atoms with Gasteiger partial charge in [0.2, 0.25) is 0 Å². The maximum atomic E-state index is 11.7. The average molecular weight is 330 g/mol. The van der Waals surface area contributed by atoms with Crippen LogP contribution in [0.5, 0.6) is 5.75 Å². The Labute approximate surface area is 142 Å². The molecule has 0 radical (unpaired) electrons. The number of aryl methyl sites for hydroxylation is 1. The van der Waals surface area contributed by atoms with Gasteiger partial charge in [-0.3, -0.25) is 4.79 Å². The van der Waals surface area contributed by atoms with Gasteiger partial charge in [-0.15, -0.1) is 0 Å². The quantitative estimate of drug-likeness (QED) is 0.776. The lowest BCUT2D eigenvalue weighted by Crippen LogP contribution is -2.51. The Hall–Kier alpha value is -1.55. The number of hydrogen-bond donors (Lipinski definition) is 2. The molecule has 0 aliphatic heterocycles. The largest absolute Gasteiger partial charge is 0.508 e. The number of benzene rings is 1. The van der Waals surface area contributed by atoms with Crippen molar-refractivity contribution in [1.29, 1.82) is 0 Å². The number of ether oxygens (including phenoxy) is 1. The molecule has 0 bridgehead atoms. The molecular weight excluding hydrogens is 304 g/mol. The van der Waals surface area contributed by atoms with Gasteiger partial charge in [-0.05, 0) is 67.2 Å². The van der Waals surface area contributed by atoms with Gasteiger partial charge in [-0.2, -0.15) is 0 Å². The van der Waals surface area contributed by atoms with Crippen molar-refractivity contribution < 1.29 is 19.7 Å². The summed E-state index contributed by atoms with van der Waals surface area (Å²) in [5.41, 5.74) is 2.24. The highest BCUT2D eigenvalue weighted by Gasteiger charge is 2.58. The summed E-state index contributed by atoms with van der Waals surface area (Å²) in [6, 6.07) is 5.60. The lowest BCUT2D eigenvalue weighted by Gasteiger charge is -2.53. The number of hydrogen-bond acceptors (Lipinski definition) is 4. The summed E-state index contributed by atoms with van der Waals surface area (Å²) >= 11 is 0. The number of aromatic hydroxyl groups is 1. The summed E-state index contributed by atoms with van der Waals surface area (Å²) in [5.74, 6) is 1.14. The molecule has 2 saturated carbocycles. The smallest absolute Gasteiger partial charge is 0.302 e. The van der Waals surface area contributed by atoms with Crippen LogP contribution in [-0.4, -0.2) is 28.4 Å². The van der Waals surface area contributed by atoms with E-state index in [-0.39, 0.29) is 29.5 Å². The van der Waals surface area contributed by atoms with Gasteiger partial charge in [0.25, 0.3) is 0 Å². The van der Waals surface area contributed by atoms with Crippen molar-refractivity contribution in [2.24, 2.45) is 17.3 Å². The second-order valence-electron chi connectivity index (χ2n) is 8.17. The van der Waals surface area contributed by atoms with Crippen LogP contribution in [0.2, 0.25) is 0 Å². The minimum absolute atomic E-state index is 0.157. The lowest BCUT2D eigenvalue weighted by atomic mass is 9.54. The average Bonchev–Trinajstić information content (AvgIpc) is 2.81. The Balaban J connectivity index is 1.78. The first kappa shape index (κ1) is 15.9. The molecule has 1 aromatic rings. The molecule has 3 aliphatic carbocycles. The number of aliphatic hydroxyl groups is 1. The van der Waals surface area contributed by atoms with Gasteiger partial charge in [0.1, 0.15) is 11.9 Å². The van der Waals surface area contributed by atoms with E-state index in [1.54, 1.807) is 6.07 Å². The normalized spacial score (nSPS) is 40.4. The molecule has 1 unspecified atom stereocenters. The molecule has 2 N–H and O–H groups in total. The minimum Gasteiger partial charge on any atom is -0.508 e. The number of rotatable bonds is 1. The van der Waals surface area contributed by atoms with Crippen molar-refractivity contribution in [3.63, 3.8) is 0 Å². The maximum Gasteiger partial charge on any atom is 0.302 e. The number of carbonyl (C=O) groups is 1. The van der Waals surface area contributed by atoms with Gasteiger partial charge in [-0.25, -0.2) is 0 Å². The van der Waals surface area contributed by atoms with Crippen LogP contribution in [0, 0.1) is 17.3 Å². The molecule has 0 saturated heterocycles. The zero-order valence-corrected chi connectivity index (χ0v) is 14.4. The fourth-order valence-electron chi connectivity index (χ4n) is 5.92. The third-order valence-corrected chi connectivity index (χ3v) is 6.93. The van der Waals surface area contributed by atoms with Gasteiger partial charge < -0.3 is 14.9 Å². The van der Waals surface area contributed by atoms with Crippen molar-refractivity contribution in [1.82, 2.24) is 0 Å². The Morgan fingerprint density at radius 3 is 2.83 bits per heavy atom. The van der Waals surface area contributed by atoms with Gasteiger partial charge in [0.05, 0.1) is 6.10 Å². The van der Waals surface area contributed by atoms with Gasteiger partial charge >= 0.3 is 5.97 Å². The predicted octanol–water partition coefficient (Wildman–Crippen LogP) is 3.15. The minimum atomic E-state index is -0.303. The van der Waals surface area contributed by atoms with E-state index in [0.717, 1.165) is 32.1 Å². The second kappa shape index (κ2) is 5.48. The van der Waals surface area contributed by atoms with Crippen LogP contribution >= 0.6 is 0 Å². The van der Waals surface area contributed by atoms with E-state index in [1.165, 1.54) is 18.1 Å². The Kier molecular flexibility index (Phi) is 3.64. The molecule has 2 fully saturated rings. The third kappa shape index (κ3) is 2.26. The van der Waals surface area contributed by atoms with Crippen LogP contribution in [0.1, 0.15) is 56.6 Å². The first-order valence-electron chi connectivity index (χ1n) is 9.07. The van der Waals surface area contributed by atoms with E-state index in [2.05, 4.69) is 6.92 Å². The van der Waals surface area contributed by atoms with Crippen LogP contribution in [0.3, 0.4) is 0 Å². The van der Waals surface area contributed by atoms with Gasteiger partial charge in [-0.1, -0.05) is 13.0 Å². The Bertz CT molecular complexity index is 670. The molecule has 0 heterocycles. The summed E-state index contributed by atoms with van der Waals surface area (Å²) in [4.78, 5) is 11.7. The van der Waals surface area contributed by atoms with E-state index in [1.807, 2.05) is 12.1 Å². The molecule has 3 aliphatic rings. The standard InChI is InChI=1S/C20H26O4/c1-11(21)24-17-10-20(2)16(7-8-18(20)23)15-5-3-12-9-13(22)4-6-14(12)19(15)17/h4,6,9,15-19,22-23H,3,5,7-8,10H2,1-2H3/t15-,16-,17?,18+,19+,20-/m0/s1. The number of phenolic OH excluding ortho intramolecular Hbond substituents is 1. The van der Waals surface area contributed by atoms with E-state index in [4.69, 9.17) is 4.74 Å². The van der Waals surface area contributed by atoms with Gasteiger partial charge in [0, 0.05) is 18.3 Å². The van der Waals surface area contributed by atoms with E-state index >= 15 is 0 Å². The molecule has 4 heteroatoms. The highest BCUT2D eigenvalue weighted by Crippen LogP contribution is 2.61. The number of phenols is 1. The monoisotopic (exact) mass is 330 g/mol. The van der Waals surface area contributed by atoms with Crippen molar-refractivity contribution in [2.75, 3.05) is 0 Å². The van der Waals surface area contributed by atoms with Crippen LogP contribution in [-0.2, 0) is 16.0 Å². The maximum absolute atomic E-state index is 11.7. The number of carbonyl (C=O) groups excluding carboxylic acids is 1. The predicted molar refractivity (Wildman–Crippen MR) is 89.7 cm³/mol. The highest BCUT2D eigenvalue weighted by atomic mass is 16.5. The van der Waals surface area contributed by atoms with E-state index < -0.39 is 0 Å². The molecule has 0 aromatic heterocycles. The SMILES string of the molecule is CC(=O)OC1C[C@]2(C)[C@H](O)CC[C@H]2[C@@H]2CCc3cc(O)ccc3[C@@H]12. The fraction of sp³-hybridized carbons (Fsp3) is 0.650. The van der Waals surface area contributed by atoms with Crippen LogP contribution in [0.4, 0.5) is 0 Å². The zero-order valence-electron chi connectivity index (χ0n) is 14.4. The zero-order chi connectivity index (χ0) is 17.1. The van der Waals surface area contributed by atoms with Crippen molar-refractivity contribution in [2.45, 2.75) is 64.1 Å². The fourth-order valence-corrected chi connectivity index (χ4v) is 5.92. The van der Waals surface area contributed by atoms with Crippen molar-refractivity contribution in [3.8, 4) is 5.75 Å². The van der Waals surface area contributed by atoms with Crippen LogP contribution < -0.4 is 0 Å². The van der Waals surface area contributed by atoms with Crippen LogP contribution in [0.15, 0.2) is 18.2 Å². The molecule has 4 nitrogen and oxygen atoms in total. The number of aliphatic hydroxyl groups excluding tert-OH is 1. The third-order valence-electron chi connectivity index (χ3n) is 6.93. The Morgan fingerprint density at radius 1 is 1.29 bits per heavy atom. The topological polar surface area (TPSA) is 66.8 Å². The van der Waals surface area contributed by atoms with E-state index in [0.29, 0.717) is 17.6 Å². The first-order chi connectivity index (χ1) is 11.4. The molecule has 4 rings (SSSR count). The van der Waals surface area contributed by atoms with Crippen molar-refractivity contribution in [3.05, 3.63) is 29.3 Å².